The van der Waals surface area contributed by atoms with Gasteiger partial charge in [0.1, 0.15) is 5.03 Å². The molecule has 4 heteroatoms. The third kappa shape index (κ3) is 3.44. The lowest BCUT2D eigenvalue weighted by Gasteiger charge is -2.10. The van der Waals surface area contributed by atoms with Crippen molar-refractivity contribution in [3.05, 3.63) is 41.6 Å². The molecule has 0 saturated heterocycles. The first-order valence-electron chi connectivity index (χ1n) is 7.04. The molecule has 0 unspecified atom stereocenters. The van der Waals surface area contributed by atoms with Crippen molar-refractivity contribution >= 4 is 11.8 Å². The van der Waals surface area contributed by atoms with Gasteiger partial charge >= 0.3 is 0 Å². The van der Waals surface area contributed by atoms with Gasteiger partial charge in [-0.3, -0.25) is 0 Å². The Balaban J connectivity index is 2.42. The Hall–Kier alpha value is -1.26. The fraction of sp³-hybridized carbons (Fsp3) is 0.438. The third-order valence-corrected chi connectivity index (χ3v) is 4.57. The van der Waals surface area contributed by atoms with Crippen LogP contribution in [-0.2, 0) is 6.54 Å². The molecule has 0 aliphatic carbocycles. The number of rotatable bonds is 6. The number of benzene rings is 1. The monoisotopic (exact) mass is 289 g/mol. The molecule has 0 amide bonds. The van der Waals surface area contributed by atoms with Crippen molar-refractivity contribution in [2.75, 3.05) is 12.8 Å². The van der Waals surface area contributed by atoms with E-state index in [1.54, 1.807) is 0 Å². The minimum absolute atomic E-state index is 0.668. The Morgan fingerprint density at radius 1 is 1.25 bits per heavy atom. The first-order valence-corrected chi connectivity index (χ1v) is 8.03. The van der Waals surface area contributed by atoms with Crippen LogP contribution in [-0.4, -0.2) is 22.6 Å². The average Bonchev–Trinajstić information content (AvgIpc) is 2.75. The van der Waals surface area contributed by atoms with Crippen LogP contribution >= 0.6 is 11.8 Å². The van der Waals surface area contributed by atoms with Crippen LogP contribution in [0.25, 0.3) is 5.69 Å². The molecule has 0 fully saturated rings. The summed E-state index contributed by atoms with van der Waals surface area (Å²) in [5.74, 6) is 1.77. The van der Waals surface area contributed by atoms with Crippen molar-refractivity contribution in [1.82, 2.24) is 15.1 Å². The van der Waals surface area contributed by atoms with Crippen molar-refractivity contribution in [2.24, 2.45) is 5.92 Å². The van der Waals surface area contributed by atoms with Crippen LogP contribution < -0.4 is 5.32 Å². The lowest BCUT2D eigenvalue weighted by Crippen LogP contribution is -2.07. The lowest BCUT2D eigenvalue weighted by atomic mass is 10.2. The fourth-order valence-electron chi connectivity index (χ4n) is 2.06. The predicted molar refractivity (Wildman–Crippen MR) is 86.6 cm³/mol. The number of aryl methyl sites for hydroxylation is 1. The van der Waals surface area contributed by atoms with Gasteiger partial charge in [0, 0.05) is 17.9 Å². The molecule has 108 valence electrons. The van der Waals surface area contributed by atoms with Gasteiger partial charge in [0.25, 0.3) is 0 Å². The van der Waals surface area contributed by atoms with E-state index < -0.39 is 0 Å². The molecule has 2 rings (SSSR count). The maximum absolute atomic E-state index is 4.73. The van der Waals surface area contributed by atoms with E-state index in [2.05, 4.69) is 55.0 Å². The minimum Gasteiger partial charge on any atom is -0.316 e. The van der Waals surface area contributed by atoms with Gasteiger partial charge in [-0.1, -0.05) is 32.0 Å². The zero-order valence-corrected chi connectivity index (χ0v) is 13.5. The van der Waals surface area contributed by atoms with Gasteiger partial charge in [-0.2, -0.15) is 5.10 Å². The molecule has 1 aromatic carbocycles. The summed E-state index contributed by atoms with van der Waals surface area (Å²) in [5.41, 5.74) is 3.54. The average molecular weight is 289 g/mol. The Labute approximate surface area is 125 Å². The summed E-state index contributed by atoms with van der Waals surface area (Å²) < 4.78 is 2.08. The van der Waals surface area contributed by atoms with Crippen LogP contribution in [0, 0.1) is 12.8 Å². The van der Waals surface area contributed by atoms with E-state index >= 15 is 0 Å². The van der Waals surface area contributed by atoms with Gasteiger partial charge < -0.3 is 5.32 Å². The molecular weight excluding hydrogens is 266 g/mol. The largest absolute Gasteiger partial charge is 0.316 e. The number of aromatic nitrogens is 2. The molecular formula is C16H23N3S. The molecule has 2 aromatic rings. The summed E-state index contributed by atoms with van der Waals surface area (Å²) in [5, 5.41) is 9.25. The van der Waals surface area contributed by atoms with Gasteiger partial charge in [-0.25, -0.2) is 4.68 Å². The van der Waals surface area contributed by atoms with E-state index in [1.807, 2.05) is 24.9 Å². The van der Waals surface area contributed by atoms with Crippen molar-refractivity contribution in [2.45, 2.75) is 32.3 Å². The highest BCUT2D eigenvalue weighted by Gasteiger charge is 2.16. The van der Waals surface area contributed by atoms with E-state index in [0.717, 1.165) is 23.7 Å². The highest BCUT2D eigenvalue weighted by atomic mass is 32.2. The standard InChI is InChI=1S/C16H23N3S/c1-12(2)11-20-16-15(10-17-4)13(3)18-19(16)14-8-6-5-7-9-14/h5-9,12,17H,10-11H2,1-4H3. The normalized spacial score (nSPS) is 11.2. The van der Waals surface area contributed by atoms with Crippen molar-refractivity contribution < 1.29 is 0 Å². The number of thioether (sulfide) groups is 1. The number of hydrogen-bond acceptors (Lipinski definition) is 3. The van der Waals surface area contributed by atoms with E-state index in [-0.39, 0.29) is 0 Å². The third-order valence-electron chi connectivity index (χ3n) is 3.04. The van der Waals surface area contributed by atoms with E-state index in [0.29, 0.717) is 5.92 Å². The van der Waals surface area contributed by atoms with Crippen molar-refractivity contribution in [1.29, 1.82) is 0 Å². The lowest BCUT2D eigenvalue weighted by molar-refractivity contribution is 0.737. The van der Waals surface area contributed by atoms with E-state index in [1.165, 1.54) is 10.6 Å². The zero-order chi connectivity index (χ0) is 14.5. The zero-order valence-electron chi connectivity index (χ0n) is 12.7. The molecule has 0 spiro atoms. The van der Waals surface area contributed by atoms with Crippen molar-refractivity contribution in [3.8, 4) is 5.69 Å². The van der Waals surface area contributed by atoms with Crippen LogP contribution in [0.1, 0.15) is 25.1 Å². The molecule has 3 nitrogen and oxygen atoms in total. The molecule has 0 radical (unpaired) electrons. The summed E-state index contributed by atoms with van der Waals surface area (Å²) >= 11 is 1.90. The van der Waals surface area contributed by atoms with Gasteiger partial charge in [-0.05, 0) is 32.0 Å². The second-order valence-electron chi connectivity index (χ2n) is 5.35. The second-order valence-corrected chi connectivity index (χ2v) is 6.36. The number of nitrogens with one attached hydrogen (secondary N) is 1. The van der Waals surface area contributed by atoms with Gasteiger partial charge in [0.05, 0.1) is 11.4 Å². The van der Waals surface area contributed by atoms with Crippen molar-refractivity contribution in [3.63, 3.8) is 0 Å². The minimum atomic E-state index is 0.668. The summed E-state index contributed by atoms with van der Waals surface area (Å²) in [4.78, 5) is 0. The molecule has 0 bridgehead atoms. The number of nitrogens with zero attached hydrogens (tertiary/aromatic N) is 2. The Morgan fingerprint density at radius 2 is 1.95 bits per heavy atom. The highest BCUT2D eigenvalue weighted by Crippen LogP contribution is 2.29. The Kier molecular flexibility index (Phi) is 5.26. The summed E-state index contributed by atoms with van der Waals surface area (Å²) in [7, 11) is 1.98. The summed E-state index contributed by atoms with van der Waals surface area (Å²) in [6, 6.07) is 10.4. The van der Waals surface area contributed by atoms with E-state index in [9.17, 15) is 0 Å². The molecule has 1 heterocycles. The maximum atomic E-state index is 4.73. The Bertz CT molecular complexity index is 546. The quantitative estimate of drug-likeness (QED) is 0.823. The first-order chi connectivity index (χ1) is 9.63. The molecule has 1 aromatic heterocycles. The van der Waals surface area contributed by atoms with Crippen LogP contribution in [0.4, 0.5) is 0 Å². The Morgan fingerprint density at radius 3 is 2.55 bits per heavy atom. The predicted octanol–water partition coefficient (Wildman–Crippen LogP) is 3.65. The topological polar surface area (TPSA) is 29.9 Å². The van der Waals surface area contributed by atoms with E-state index in [4.69, 9.17) is 5.10 Å². The molecule has 0 aliphatic rings. The van der Waals surface area contributed by atoms with Crippen LogP contribution in [0.2, 0.25) is 0 Å². The van der Waals surface area contributed by atoms with Gasteiger partial charge in [0.15, 0.2) is 0 Å². The second kappa shape index (κ2) is 6.95. The molecule has 20 heavy (non-hydrogen) atoms. The van der Waals surface area contributed by atoms with Gasteiger partial charge in [-0.15, -0.1) is 11.8 Å². The summed E-state index contributed by atoms with van der Waals surface area (Å²) in [6.45, 7) is 7.45. The fourth-order valence-corrected chi connectivity index (χ4v) is 3.21. The SMILES string of the molecule is CNCc1c(C)nn(-c2ccccc2)c1SCC(C)C. The van der Waals surface area contributed by atoms with Crippen LogP contribution in [0.5, 0.6) is 0 Å². The molecule has 0 atom stereocenters. The molecule has 0 saturated carbocycles. The van der Waals surface area contributed by atoms with Crippen LogP contribution in [0.15, 0.2) is 35.4 Å². The first kappa shape index (κ1) is 15.1. The van der Waals surface area contributed by atoms with Gasteiger partial charge in [0.2, 0.25) is 0 Å². The number of hydrogen-bond donors (Lipinski definition) is 1. The smallest absolute Gasteiger partial charge is 0.105 e. The number of para-hydroxylation sites is 1. The van der Waals surface area contributed by atoms with Crippen LogP contribution in [0.3, 0.4) is 0 Å². The summed E-state index contributed by atoms with van der Waals surface area (Å²) in [6.07, 6.45) is 0. The highest BCUT2D eigenvalue weighted by molar-refractivity contribution is 7.99. The molecule has 0 aliphatic heterocycles. The maximum Gasteiger partial charge on any atom is 0.105 e. The molecule has 1 N–H and O–H groups in total.